The molecule has 28 heavy (non-hydrogen) atoms. The fourth-order valence-corrected chi connectivity index (χ4v) is 3.40. The largest absolute Gasteiger partial charge is 0.454 e. The first-order valence-corrected chi connectivity index (χ1v) is 9.71. The minimum atomic E-state index is -0.173. The highest BCUT2D eigenvalue weighted by Crippen LogP contribution is 2.33. The van der Waals surface area contributed by atoms with Crippen molar-refractivity contribution in [3.8, 4) is 11.5 Å². The highest BCUT2D eigenvalue weighted by atomic mass is 79.9. The lowest BCUT2D eigenvalue weighted by Gasteiger charge is -2.24. The number of ether oxygens (including phenoxy) is 2. The maximum absolute atomic E-state index is 13.0. The Morgan fingerprint density at radius 2 is 1.61 bits per heavy atom. The molecule has 3 aromatic rings. The molecule has 0 atom stereocenters. The lowest BCUT2D eigenvalue weighted by atomic mass is 10.1. The number of rotatable bonds is 5. The van der Waals surface area contributed by atoms with Crippen LogP contribution in [0.5, 0.6) is 11.5 Å². The molecule has 0 aliphatic carbocycles. The van der Waals surface area contributed by atoms with E-state index in [2.05, 4.69) is 21.2 Å². The Bertz CT molecular complexity index is 979. The fourth-order valence-electron chi connectivity index (χ4n) is 3.02. The van der Waals surface area contributed by atoms with E-state index >= 15 is 0 Å². The van der Waals surface area contributed by atoms with E-state index in [1.165, 1.54) is 0 Å². The number of carbonyl (C=O) groups is 1. The van der Waals surface area contributed by atoms with Crippen LogP contribution in [0.1, 0.15) is 11.1 Å². The average Bonchev–Trinajstić information content (AvgIpc) is 3.18. The first-order chi connectivity index (χ1) is 13.7. The molecule has 1 aliphatic heterocycles. The zero-order chi connectivity index (χ0) is 19.3. The minimum Gasteiger partial charge on any atom is -0.454 e. The number of nitrogens with zero attached hydrogens (tertiary/aromatic N) is 1. The second kappa shape index (κ2) is 8.35. The van der Waals surface area contributed by atoms with Crippen LogP contribution in [0.15, 0.2) is 77.3 Å². The van der Waals surface area contributed by atoms with Gasteiger partial charge in [-0.25, -0.2) is 4.79 Å². The Morgan fingerprint density at radius 1 is 0.893 bits per heavy atom. The monoisotopic (exact) mass is 438 g/mol. The van der Waals surface area contributed by atoms with E-state index in [-0.39, 0.29) is 12.8 Å². The van der Waals surface area contributed by atoms with Crippen molar-refractivity contribution in [1.82, 2.24) is 4.90 Å². The van der Waals surface area contributed by atoms with Crippen LogP contribution in [0.4, 0.5) is 10.5 Å². The SMILES string of the molecule is O=C(Nc1ccccc1Br)N(Cc1ccccc1)Cc1ccc2c(c1)OCO2. The number of hydrogen-bond donors (Lipinski definition) is 1. The molecule has 0 fully saturated rings. The second-order valence-corrected chi connectivity index (χ2v) is 7.29. The van der Waals surface area contributed by atoms with Crippen LogP contribution in [0.2, 0.25) is 0 Å². The summed E-state index contributed by atoms with van der Waals surface area (Å²) in [6.45, 7) is 1.17. The summed E-state index contributed by atoms with van der Waals surface area (Å²) in [5.74, 6) is 1.44. The van der Waals surface area contributed by atoms with E-state index in [4.69, 9.17) is 9.47 Å². The zero-order valence-corrected chi connectivity index (χ0v) is 16.7. The number of anilines is 1. The third-order valence-electron chi connectivity index (χ3n) is 4.43. The molecular formula is C22H19BrN2O3. The molecular weight excluding hydrogens is 420 g/mol. The van der Waals surface area contributed by atoms with Gasteiger partial charge in [0.1, 0.15) is 0 Å². The van der Waals surface area contributed by atoms with Crippen LogP contribution in [-0.4, -0.2) is 17.7 Å². The van der Waals surface area contributed by atoms with Gasteiger partial charge in [0.15, 0.2) is 11.5 Å². The van der Waals surface area contributed by atoms with E-state index in [9.17, 15) is 4.79 Å². The molecule has 0 bridgehead atoms. The standard InChI is InChI=1S/C22H19BrN2O3/c23-18-8-4-5-9-19(18)24-22(26)25(13-16-6-2-1-3-7-16)14-17-10-11-20-21(12-17)28-15-27-20/h1-12H,13-15H2,(H,24,26). The van der Waals surface area contributed by atoms with Gasteiger partial charge in [-0.2, -0.15) is 0 Å². The number of amides is 2. The third kappa shape index (κ3) is 4.28. The minimum absolute atomic E-state index is 0.173. The maximum atomic E-state index is 13.0. The number of hydrogen-bond acceptors (Lipinski definition) is 3. The molecule has 1 aliphatic rings. The van der Waals surface area contributed by atoms with Crippen LogP contribution >= 0.6 is 15.9 Å². The van der Waals surface area contributed by atoms with Crippen molar-refractivity contribution >= 4 is 27.6 Å². The summed E-state index contributed by atoms with van der Waals surface area (Å²) in [4.78, 5) is 14.8. The Morgan fingerprint density at radius 3 is 2.43 bits per heavy atom. The van der Waals surface area contributed by atoms with Crippen LogP contribution in [-0.2, 0) is 13.1 Å². The van der Waals surface area contributed by atoms with E-state index in [0.29, 0.717) is 18.8 Å². The van der Waals surface area contributed by atoms with E-state index in [1.54, 1.807) is 4.90 Å². The fraction of sp³-hybridized carbons (Fsp3) is 0.136. The van der Waals surface area contributed by atoms with Gasteiger partial charge in [0.2, 0.25) is 6.79 Å². The molecule has 0 spiro atoms. The first kappa shape index (κ1) is 18.4. The smallest absolute Gasteiger partial charge is 0.322 e. The number of nitrogens with one attached hydrogen (secondary N) is 1. The van der Waals surface area contributed by atoms with Crippen LogP contribution in [0, 0.1) is 0 Å². The molecule has 6 heteroatoms. The first-order valence-electron chi connectivity index (χ1n) is 8.92. The summed E-state index contributed by atoms with van der Waals surface area (Å²) in [7, 11) is 0. The van der Waals surface area contributed by atoms with Gasteiger partial charge in [-0.05, 0) is 51.3 Å². The van der Waals surface area contributed by atoms with E-state index < -0.39 is 0 Å². The summed E-state index contributed by atoms with van der Waals surface area (Å²) in [5, 5.41) is 2.99. The summed E-state index contributed by atoms with van der Waals surface area (Å²) in [6.07, 6.45) is 0. The highest BCUT2D eigenvalue weighted by Gasteiger charge is 2.18. The zero-order valence-electron chi connectivity index (χ0n) is 15.1. The molecule has 0 unspecified atom stereocenters. The summed E-state index contributed by atoms with van der Waals surface area (Å²) in [6, 6.07) is 23.1. The van der Waals surface area contributed by atoms with Crippen molar-refractivity contribution in [1.29, 1.82) is 0 Å². The Labute approximate surface area is 172 Å². The van der Waals surface area contributed by atoms with Crippen molar-refractivity contribution in [2.45, 2.75) is 13.1 Å². The second-order valence-electron chi connectivity index (χ2n) is 6.44. The van der Waals surface area contributed by atoms with E-state index in [0.717, 1.165) is 27.0 Å². The maximum Gasteiger partial charge on any atom is 0.322 e. The molecule has 2 amide bonds. The van der Waals surface area contributed by atoms with Gasteiger partial charge in [-0.1, -0.05) is 48.5 Å². The van der Waals surface area contributed by atoms with Crippen molar-refractivity contribution in [3.63, 3.8) is 0 Å². The predicted molar refractivity (Wildman–Crippen MR) is 111 cm³/mol. The van der Waals surface area contributed by atoms with Crippen LogP contribution in [0.3, 0.4) is 0 Å². The summed E-state index contributed by atoms with van der Waals surface area (Å²) in [5.41, 5.74) is 2.77. The number of benzene rings is 3. The summed E-state index contributed by atoms with van der Waals surface area (Å²) >= 11 is 3.48. The van der Waals surface area contributed by atoms with Crippen LogP contribution < -0.4 is 14.8 Å². The van der Waals surface area contributed by atoms with Gasteiger partial charge in [0.25, 0.3) is 0 Å². The van der Waals surface area contributed by atoms with Crippen LogP contribution in [0.25, 0.3) is 0 Å². The van der Waals surface area contributed by atoms with Crippen molar-refractivity contribution < 1.29 is 14.3 Å². The highest BCUT2D eigenvalue weighted by molar-refractivity contribution is 9.10. The number of para-hydroxylation sites is 1. The Hall–Kier alpha value is -2.99. The summed E-state index contributed by atoms with van der Waals surface area (Å²) < 4.78 is 11.7. The quantitative estimate of drug-likeness (QED) is 0.578. The van der Waals surface area contributed by atoms with Crippen molar-refractivity contribution in [2.75, 3.05) is 12.1 Å². The molecule has 0 aromatic heterocycles. The Kier molecular flexibility index (Phi) is 5.48. The predicted octanol–water partition coefficient (Wildman–Crippen LogP) is 5.41. The molecule has 0 saturated heterocycles. The van der Waals surface area contributed by atoms with Gasteiger partial charge >= 0.3 is 6.03 Å². The molecule has 0 saturated carbocycles. The van der Waals surface area contributed by atoms with E-state index in [1.807, 2.05) is 72.8 Å². The number of halogens is 1. The van der Waals surface area contributed by atoms with Gasteiger partial charge in [-0.3, -0.25) is 0 Å². The number of fused-ring (bicyclic) bond motifs is 1. The van der Waals surface area contributed by atoms with Crippen molar-refractivity contribution in [3.05, 3.63) is 88.4 Å². The molecule has 142 valence electrons. The molecule has 5 nitrogen and oxygen atoms in total. The average molecular weight is 439 g/mol. The van der Waals surface area contributed by atoms with Gasteiger partial charge in [0.05, 0.1) is 5.69 Å². The van der Waals surface area contributed by atoms with Gasteiger partial charge < -0.3 is 19.7 Å². The topological polar surface area (TPSA) is 50.8 Å². The third-order valence-corrected chi connectivity index (χ3v) is 5.12. The molecule has 1 heterocycles. The van der Waals surface area contributed by atoms with Gasteiger partial charge in [0, 0.05) is 17.6 Å². The molecule has 0 radical (unpaired) electrons. The molecule has 3 aromatic carbocycles. The Balaban J connectivity index is 1.56. The van der Waals surface area contributed by atoms with Gasteiger partial charge in [-0.15, -0.1) is 0 Å². The lowest BCUT2D eigenvalue weighted by Crippen LogP contribution is -2.34. The number of carbonyl (C=O) groups excluding carboxylic acids is 1. The molecule has 4 rings (SSSR count). The number of urea groups is 1. The van der Waals surface area contributed by atoms with Crippen molar-refractivity contribution in [2.24, 2.45) is 0 Å². The lowest BCUT2D eigenvalue weighted by molar-refractivity contribution is 0.174. The normalized spacial score (nSPS) is 11.9. The molecule has 1 N–H and O–H groups in total.